The van der Waals surface area contributed by atoms with E-state index >= 15 is 0 Å². The van der Waals surface area contributed by atoms with E-state index in [4.69, 9.17) is 4.74 Å². The number of hydrogen-bond donors (Lipinski definition) is 3. The number of pyridine rings is 1. The van der Waals surface area contributed by atoms with Gasteiger partial charge in [-0.3, -0.25) is 10.4 Å². The summed E-state index contributed by atoms with van der Waals surface area (Å²) in [5.41, 5.74) is 4.96. The van der Waals surface area contributed by atoms with Gasteiger partial charge < -0.3 is 14.9 Å². The van der Waals surface area contributed by atoms with Crippen LogP contribution in [-0.2, 0) is 6.61 Å². The van der Waals surface area contributed by atoms with Crippen LogP contribution in [0.2, 0.25) is 0 Å². The van der Waals surface area contributed by atoms with E-state index in [2.05, 4.69) is 15.5 Å². The summed E-state index contributed by atoms with van der Waals surface area (Å²) in [5.74, 6) is 0.666. The SMILES string of the molecule is COc1ccccc1N/N=C/c1c(CO)cnc(C)c1O. The molecule has 1 aromatic heterocycles. The van der Waals surface area contributed by atoms with Crippen LogP contribution >= 0.6 is 0 Å². The van der Waals surface area contributed by atoms with Gasteiger partial charge in [0.2, 0.25) is 0 Å². The standard InChI is InChI=1S/C15H17N3O3/c1-10-15(20)12(11(9-19)7-16-10)8-17-18-13-5-3-4-6-14(13)21-2/h3-8,18-20H,9H2,1-2H3/b17-8+. The topological polar surface area (TPSA) is 87.0 Å². The highest BCUT2D eigenvalue weighted by atomic mass is 16.5. The molecule has 0 aliphatic rings. The molecule has 0 fully saturated rings. The lowest BCUT2D eigenvalue weighted by atomic mass is 10.1. The predicted molar refractivity (Wildman–Crippen MR) is 80.8 cm³/mol. The first-order valence-corrected chi connectivity index (χ1v) is 6.37. The molecule has 110 valence electrons. The zero-order valence-corrected chi connectivity index (χ0v) is 11.9. The number of nitrogens with zero attached hydrogens (tertiary/aromatic N) is 2. The van der Waals surface area contributed by atoms with Gasteiger partial charge in [-0.2, -0.15) is 5.10 Å². The Morgan fingerprint density at radius 2 is 2.14 bits per heavy atom. The monoisotopic (exact) mass is 287 g/mol. The number of methoxy groups -OCH3 is 1. The minimum absolute atomic E-state index is 0.00660. The number of aromatic hydroxyl groups is 1. The molecule has 0 aliphatic carbocycles. The lowest BCUT2D eigenvalue weighted by Crippen LogP contribution is -2.00. The van der Waals surface area contributed by atoms with Crippen LogP contribution in [0.3, 0.4) is 0 Å². The van der Waals surface area contributed by atoms with E-state index in [0.29, 0.717) is 28.3 Å². The molecule has 0 aliphatic heterocycles. The van der Waals surface area contributed by atoms with Crippen LogP contribution in [0.25, 0.3) is 0 Å². The third-order valence-electron chi connectivity index (χ3n) is 3.01. The number of nitrogens with one attached hydrogen (secondary N) is 1. The van der Waals surface area contributed by atoms with Crippen molar-refractivity contribution >= 4 is 11.9 Å². The second-order valence-corrected chi connectivity index (χ2v) is 4.36. The van der Waals surface area contributed by atoms with Crippen LogP contribution in [0.5, 0.6) is 11.5 Å². The third-order valence-corrected chi connectivity index (χ3v) is 3.01. The number of ether oxygens (including phenoxy) is 1. The van der Waals surface area contributed by atoms with E-state index in [0.717, 1.165) is 0 Å². The van der Waals surface area contributed by atoms with Crippen LogP contribution in [0.1, 0.15) is 16.8 Å². The molecular weight excluding hydrogens is 270 g/mol. The molecule has 0 unspecified atom stereocenters. The zero-order valence-electron chi connectivity index (χ0n) is 11.9. The Kier molecular flexibility index (Phi) is 4.73. The molecule has 2 aromatic rings. The van der Waals surface area contributed by atoms with Gasteiger partial charge in [-0.05, 0) is 19.1 Å². The number of hydrogen-bond acceptors (Lipinski definition) is 6. The highest BCUT2D eigenvalue weighted by Gasteiger charge is 2.09. The summed E-state index contributed by atoms with van der Waals surface area (Å²) in [5, 5.41) is 23.3. The Morgan fingerprint density at radius 1 is 1.38 bits per heavy atom. The van der Waals surface area contributed by atoms with Gasteiger partial charge in [-0.25, -0.2) is 0 Å². The maximum atomic E-state index is 9.99. The van der Waals surface area contributed by atoms with Crippen molar-refractivity contribution in [2.24, 2.45) is 5.10 Å². The maximum Gasteiger partial charge on any atom is 0.145 e. The Balaban J connectivity index is 2.24. The van der Waals surface area contributed by atoms with Crippen LogP contribution in [0.15, 0.2) is 35.6 Å². The number of aryl methyl sites for hydroxylation is 1. The number of rotatable bonds is 5. The lowest BCUT2D eigenvalue weighted by molar-refractivity contribution is 0.280. The van der Waals surface area contributed by atoms with Crippen molar-refractivity contribution in [1.29, 1.82) is 0 Å². The number of aromatic nitrogens is 1. The quantitative estimate of drug-likeness (QED) is 0.578. The minimum atomic E-state index is -0.225. The van der Waals surface area contributed by atoms with Gasteiger partial charge >= 0.3 is 0 Å². The fraction of sp³-hybridized carbons (Fsp3) is 0.200. The Labute approximate surface area is 122 Å². The van der Waals surface area contributed by atoms with E-state index in [1.165, 1.54) is 12.4 Å². The lowest BCUT2D eigenvalue weighted by Gasteiger charge is -2.08. The van der Waals surface area contributed by atoms with E-state index in [1.807, 2.05) is 24.3 Å². The first-order chi connectivity index (χ1) is 10.2. The normalized spacial score (nSPS) is 10.8. The number of anilines is 1. The summed E-state index contributed by atoms with van der Waals surface area (Å²) in [6, 6.07) is 7.34. The molecule has 0 bridgehead atoms. The van der Waals surface area contributed by atoms with Crippen LogP contribution in [0, 0.1) is 6.92 Å². The third kappa shape index (κ3) is 3.29. The van der Waals surface area contributed by atoms with Crippen LogP contribution < -0.4 is 10.2 Å². The summed E-state index contributed by atoms with van der Waals surface area (Å²) in [6.45, 7) is 1.46. The molecule has 6 nitrogen and oxygen atoms in total. The molecular formula is C15H17N3O3. The van der Waals surface area contributed by atoms with E-state index in [1.54, 1.807) is 14.0 Å². The number of benzene rings is 1. The van der Waals surface area contributed by atoms with Crippen molar-refractivity contribution in [3.63, 3.8) is 0 Å². The van der Waals surface area contributed by atoms with Crippen LogP contribution in [0.4, 0.5) is 5.69 Å². The van der Waals surface area contributed by atoms with Gasteiger partial charge in [-0.15, -0.1) is 0 Å². The van der Waals surface area contributed by atoms with Gasteiger partial charge in [0.05, 0.1) is 31.3 Å². The first-order valence-electron chi connectivity index (χ1n) is 6.37. The van der Waals surface area contributed by atoms with Crippen molar-refractivity contribution < 1.29 is 14.9 Å². The van der Waals surface area contributed by atoms with Gasteiger partial charge in [0.25, 0.3) is 0 Å². The number of para-hydroxylation sites is 2. The summed E-state index contributed by atoms with van der Waals surface area (Å²) in [6.07, 6.45) is 2.96. The highest BCUT2D eigenvalue weighted by Crippen LogP contribution is 2.24. The molecule has 2 rings (SSSR count). The largest absolute Gasteiger partial charge is 0.505 e. The summed E-state index contributed by atoms with van der Waals surface area (Å²) >= 11 is 0. The summed E-state index contributed by atoms with van der Waals surface area (Å²) in [7, 11) is 1.58. The fourth-order valence-corrected chi connectivity index (χ4v) is 1.83. The molecule has 1 aromatic carbocycles. The molecule has 3 N–H and O–H groups in total. The zero-order chi connectivity index (χ0) is 15.2. The second-order valence-electron chi connectivity index (χ2n) is 4.36. The smallest absolute Gasteiger partial charge is 0.145 e. The van der Waals surface area contributed by atoms with Crippen molar-refractivity contribution in [3.8, 4) is 11.5 Å². The van der Waals surface area contributed by atoms with Crippen molar-refractivity contribution in [2.75, 3.05) is 12.5 Å². The fourth-order valence-electron chi connectivity index (χ4n) is 1.83. The highest BCUT2D eigenvalue weighted by molar-refractivity contribution is 5.86. The Hall–Kier alpha value is -2.60. The minimum Gasteiger partial charge on any atom is -0.505 e. The summed E-state index contributed by atoms with van der Waals surface area (Å²) < 4.78 is 5.20. The van der Waals surface area contributed by atoms with E-state index < -0.39 is 0 Å². The second kappa shape index (κ2) is 6.71. The van der Waals surface area contributed by atoms with Crippen molar-refractivity contribution in [3.05, 3.63) is 47.3 Å². The van der Waals surface area contributed by atoms with Gasteiger partial charge in [-0.1, -0.05) is 12.1 Å². The molecule has 1 heterocycles. The molecule has 21 heavy (non-hydrogen) atoms. The van der Waals surface area contributed by atoms with Crippen molar-refractivity contribution in [2.45, 2.75) is 13.5 Å². The summed E-state index contributed by atoms with van der Waals surface area (Å²) in [4.78, 5) is 3.99. The van der Waals surface area contributed by atoms with Crippen LogP contribution in [-0.4, -0.2) is 28.5 Å². The van der Waals surface area contributed by atoms with Gasteiger partial charge in [0.15, 0.2) is 0 Å². The predicted octanol–water partition coefficient (Wildman–Crippen LogP) is 2.04. The first kappa shape index (κ1) is 14.8. The molecule has 0 saturated carbocycles. The molecule has 0 saturated heterocycles. The van der Waals surface area contributed by atoms with Gasteiger partial charge in [0, 0.05) is 17.3 Å². The molecule has 0 spiro atoms. The van der Waals surface area contributed by atoms with E-state index in [9.17, 15) is 10.2 Å². The average molecular weight is 287 g/mol. The molecule has 0 radical (unpaired) electrons. The number of hydrazone groups is 1. The molecule has 0 amide bonds. The van der Waals surface area contributed by atoms with E-state index in [-0.39, 0.29) is 12.4 Å². The molecule has 6 heteroatoms. The van der Waals surface area contributed by atoms with Gasteiger partial charge in [0.1, 0.15) is 11.5 Å². The molecule has 0 atom stereocenters. The Morgan fingerprint density at radius 3 is 2.86 bits per heavy atom. The number of aliphatic hydroxyl groups is 1. The maximum absolute atomic E-state index is 9.99. The van der Waals surface area contributed by atoms with Crippen molar-refractivity contribution in [1.82, 2.24) is 4.98 Å². The average Bonchev–Trinajstić information content (AvgIpc) is 2.52. The number of aliphatic hydroxyl groups excluding tert-OH is 1. The Bertz CT molecular complexity index is 657.